The predicted molar refractivity (Wildman–Crippen MR) is 120 cm³/mol. The molecule has 0 N–H and O–H groups in total. The van der Waals surface area contributed by atoms with Crippen LogP contribution in [0, 0.1) is 0 Å². The first kappa shape index (κ1) is 20.0. The molecule has 0 saturated carbocycles. The van der Waals surface area contributed by atoms with E-state index < -0.39 is 11.9 Å². The zero-order valence-corrected chi connectivity index (χ0v) is 17.8. The lowest BCUT2D eigenvalue weighted by Gasteiger charge is -2.23. The highest BCUT2D eigenvalue weighted by molar-refractivity contribution is 7.13. The lowest BCUT2D eigenvalue weighted by atomic mass is 9.98. The van der Waals surface area contributed by atoms with Crippen molar-refractivity contribution in [2.75, 3.05) is 18.6 Å². The van der Waals surface area contributed by atoms with Crippen LogP contribution >= 0.6 is 11.3 Å². The second-order valence-electron chi connectivity index (χ2n) is 6.98. The molecule has 0 saturated heterocycles. The van der Waals surface area contributed by atoms with Gasteiger partial charge in [-0.25, -0.2) is 0 Å². The van der Waals surface area contributed by atoms with E-state index in [1.54, 1.807) is 48.5 Å². The average Bonchev–Trinajstić information content (AvgIpc) is 3.44. The number of benzene rings is 2. The van der Waals surface area contributed by atoms with Gasteiger partial charge in [0.05, 0.1) is 24.1 Å². The molecule has 1 aliphatic heterocycles. The van der Waals surface area contributed by atoms with E-state index in [0.717, 1.165) is 0 Å². The van der Waals surface area contributed by atoms with Crippen LogP contribution < -0.4 is 19.8 Å². The normalized spacial score (nSPS) is 15.1. The molecule has 1 amide bonds. The summed E-state index contributed by atoms with van der Waals surface area (Å²) in [5.74, 6) is 0.539. The van der Waals surface area contributed by atoms with Crippen LogP contribution in [0.2, 0.25) is 0 Å². The third-order valence-electron chi connectivity index (χ3n) is 5.19. The van der Waals surface area contributed by atoms with Crippen LogP contribution in [0.5, 0.6) is 11.5 Å². The number of nitrogens with zero attached hydrogens (tertiary/aromatic N) is 3. The minimum absolute atomic E-state index is 0.000138. The molecule has 5 rings (SSSR count). The minimum Gasteiger partial charge on any atom is -0.493 e. The molecule has 2 aromatic heterocycles. The van der Waals surface area contributed by atoms with Crippen molar-refractivity contribution in [1.82, 2.24) is 10.2 Å². The number of anilines is 1. The highest BCUT2D eigenvalue weighted by Crippen LogP contribution is 2.43. The lowest BCUT2D eigenvalue weighted by molar-refractivity contribution is 0.0970. The van der Waals surface area contributed by atoms with Gasteiger partial charge < -0.3 is 13.9 Å². The first-order valence-electron chi connectivity index (χ1n) is 9.71. The fourth-order valence-corrected chi connectivity index (χ4v) is 4.41. The van der Waals surface area contributed by atoms with E-state index in [1.807, 2.05) is 0 Å². The number of fused-ring (bicyclic) bond motifs is 2. The first-order valence-corrected chi connectivity index (χ1v) is 10.6. The molecule has 0 spiro atoms. The number of hydrogen-bond donors (Lipinski definition) is 0. The van der Waals surface area contributed by atoms with E-state index in [2.05, 4.69) is 16.8 Å². The van der Waals surface area contributed by atoms with Crippen LogP contribution in [0.3, 0.4) is 0 Å². The Morgan fingerprint density at radius 1 is 1.22 bits per heavy atom. The molecular formula is C23H17N3O5S. The van der Waals surface area contributed by atoms with E-state index in [9.17, 15) is 9.59 Å². The van der Waals surface area contributed by atoms with E-state index in [1.165, 1.54) is 28.9 Å². The maximum atomic E-state index is 13.5. The molecule has 0 bridgehead atoms. The number of ether oxygens (including phenoxy) is 2. The van der Waals surface area contributed by atoms with Gasteiger partial charge in [0.1, 0.15) is 17.7 Å². The van der Waals surface area contributed by atoms with Gasteiger partial charge in [-0.1, -0.05) is 42.2 Å². The summed E-state index contributed by atoms with van der Waals surface area (Å²) in [6.07, 6.45) is 1.63. The summed E-state index contributed by atoms with van der Waals surface area (Å²) in [6, 6.07) is 11.4. The number of para-hydroxylation sites is 1. The molecule has 1 aliphatic rings. The SMILES string of the molecule is C=CCOc1ccc(C2c3c(oc4ccccc4c3=O)C(=O)N2c2nncs2)cc1OC. The number of aromatic nitrogens is 2. The van der Waals surface area contributed by atoms with Crippen LogP contribution in [0.25, 0.3) is 11.0 Å². The second-order valence-corrected chi connectivity index (χ2v) is 7.79. The number of amides is 1. The van der Waals surface area contributed by atoms with Gasteiger partial charge in [-0.3, -0.25) is 14.5 Å². The van der Waals surface area contributed by atoms with Crippen LogP contribution in [0.4, 0.5) is 5.13 Å². The Bertz CT molecular complexity index is 1400. The van der Waals surface area contributed by atoms with E-state index in [0.29, 0.717) is 39.8 Å². The number of methoxy groups -OCH3 is 1. The highest BCUT2D eigenvalue weighted by atomic mass is 32.1. The maximum Gasteiger partial charge on any atom is 0.297 e. The van der Waals surface area contributed by atoms with Crippen molar-refractivity contribution >= 4 is 33.3 Å². The summed E-state index contributed by atoms with van der Waals surface area (Å²) in [4.78, 5) is 28.3. The van der Waals surface area contributed by atoms with Crippen molar-refractivity contribution in [3.63, 3.8) is 0 Å². The maximum absolute atomic E-state index is 13.5. The molecule has 1 atom stereocenters. The standard InChI is InChI=1S/C23H17N3O5S/c1-3-10-30-16-9-8-13(11-17(16)29-2)19-18-20(27)14-6-4-5-7-15(14)31-21(18)22(28)26(19)23-25-24-12-32-23/h3-9,11-12,19H,1,10H2,2H3. The summed E-state index contributed by atoms with van der Waals surface area (Å²) in [7, 11) is 1.53. The molecular weight excluding hydrogens is 430 g/mol. The molecule has 160 valence electrons. The number of rotatable bonds is 6. The van der Waals surface area contributed by atoms with Crippen molar-refractivity contribution in [3.8, 4) is 11.5 Å². The quantitative estimate of drug-likeness (QED) is 0.413. The Morgan fingerprint density at radius 3 is 2.81 bits per heavy atom. The fraction of sp³-hybridized carbons (Fsp3) is 0.130. The third kappa shape index (κ3) is 3.05. The smallest absolute Gasteiger partial charge is 0.297 e. The van der Waals surface area contributed by atoms with Gasteiger partial charge in [0, 0.05) is 0 Å². The molecule has 9 heteroatoms. The molecule has 2 aromatic carbocycles. The van der Waals surface area contributed by atoms with Crippen molar-refractivity contribution < 1.29 is 18.7 Å². The van der Waals surface area contributed by atoms with Gasteiger partial charge >= 0.3 is 0 Å². The summed E-state index contributed by atoms with van der Waals surface area (Å²) in [6.45, 7) is 3.96. The summed E-state index contributed by atoms with van der Waals surface area (Å²) < 4.78 is 17.0. The van der Waals surface area contributed by atoms with E-state index in [-0.39, 0.29) is 16.8 Å². The summed E-state index contributed by atoms with van der Waals surface area (Å²) >= 11 is 1.20. The molecule has 0 fully saturated rings. The first-order chi connectivity index (χ1) is 15.6. The predicted octanol–water partition coefficient (Wildman–Crippen LogP) is 3.97. The molecule has 4 aromatic rings. The largest absolute Gasteiger partial charge is 0.493 e. The van der Waals surface area contributed by atoms with Crippen LogP contribution in [0.1, 0.15) is 27.7 Å². The average molecular weight is 447 g/mol. The molecule has 1 unspecified atom stereocenters. The van der Waals surface area contributed by atoms with Crippen molar-refractivity contribution in [2.24, 2.45) is 0 Å². The van der Waals surface area contributed by atoms with Crippen molar-refractivity contribution in [2.45, 2.75) is 6.04 Å². The third-order valence-corrected chi connectivity index (χ3v) is 5.88. The summed E-state index contributed by atoms with van der Waals surface area (Å²) in [5, 5.41) is 8.70. The minimum atomic E-state index is -0.756. The van der Waals surface area contributed by atoms with E-state index in [4.69, 9.17) is 13.9 Å². The molecule has 32 heavy (non-hydrogen) atoms. The van der Waals surface area contributed by atoms with Gasteiger partial charge in [-0.05, 0) is 29.8 Å². The van der Waals surface area contributed by atoms with Gasteiger partial charge in [-0.15, -0.1) is 10.2 Å². The van der Waals surface area contributed by atoms with Crippen LogP contribution in [-0.2, 0) is 0 Å². The Balaban J connectivity index is 1.74. The molecule has 3 heterocycles. The van der Waals surface area contributed by atoms with Crippen LogP contribution in [-0.4, -0.2) is 29.8 Å². The zero-order chi connectivity index (χ0) is 22.2. The lowest BCUT2D eigenvalue weighted by Crippen LogP contribution is -2.29. The summed E-state index contributed by atoms with van der Waals surface area (Å²) in [5.41, 5.74) is 2.52. The Morgan fingerprint density at radius 2 is 2.06 bits per heavy atom. The van der Waals surface area contributed by atoms with Crippen molar-refractivity contribution in [1.29, 1.82) is 0 Å². The van der Waals surface area contributed by atoms with Crippen LogP contribution in [0.15, 0.2) is 69.8 Å². The number of hydrogen-bond acceptors (Lipinski definition) is 8. The number of carbonyl (C=O) groups excluding carboxylic acids is 1. The molecule has 8 nitrogen and oxygen atoms in total. The molecule has 0 aliphatic carbocycles. The molecule has 0 radical (unpaired) electrons. The second kappa shape index (κ2) is 7.93. The fourth-order valence-electron chi connectivity index (χ4n) is 3.83. The van der Waals surface area contributed by atoms with Gasteiger partial charge in [0.15, 0.2) is 16.9 Å². The van der Waals surface area contributed by atoms with E-state index >= 15 is 0 Å². The Kier molecular flexibility index (Phi) is 4.95. The van der Waals surface area contributed by atoms with Gasteiger partial charge in [-0.2, -0.15) is 0 Å². The van der Waals surface area contributed by atoms with Crippen molar-refractivity contribution in [3.05, 3.63) is 87.7 Å². The topological polar surface area (TPSA) is 94.8 Å². The Hall–Kier alpha value is -3.98. The Labute approximate surface area is 186 Å². The van der Waals surface area contributed by atoms with Gasteiger partial charge in [0.25, 0.3) is 5.91 Å². The number of carbonyl (C=O) groups is 1. The van der Waals surface area contributed by atoms with Gasteiger partial charge in [0.2, 0.25) is 10.9 Å². The monoisotopic (exact) mass is 447 g/mol. The highest BCUT2D eigenvalue weighted by Gasteiger charge is 2.45. The zero-order valence-electron chi connectivity index (χ0n) is 17.0.